The molecule has 5 heteroatoms. The Morgan fingerprint density at radius 2 is 2.00 bits per heavy atom. The Kier molecular flexibility index (Phi) is 3.24. The summed E-state index contributed by atoms with van der Waals surface area (Å²) in [4.78, 5) is 10.6. The van der Waals surface area contributed by atoms with Crippen LogP contribution in [0.4, 0.5) is 8.78 Å². The summed E-state index contributed by atoms with van der Waals surface area (Å²) < 4.78 is 24.4. The molecule has 0 saturated carbocycles. The highest BCUT2D eigenvalue weighted by atomic mass is 19.3. The molecule has 0 radical (unpaired) electrons. The summed E-state index contributed by atoms with van der Waals surface area (Å²) in [6.45, 7) is 1.37. The van der Waals surface area contributed by atoms with E-state index >= 15 is 0 Å². The van der Waals surface area contributed by atoms with Gasteiger partial charge in [-0.15, -0.1) is 0 Å². The van der Waals surface area contributed by atoms with Crippen molar-refractivity contribution in [1.29, 1.82) is 0 Å². The van der Waals surface area contributed by atoms with Gasteiger partial charge in [0.25, 0.3) is 6.43 Å². The highest BCUT2D eigenvalue weighted by Gasteiger charge is 2.19. The first-order valence-corrected chi connectivity index (χ1v) is 4.27. The van der Waals surface area contributed by atoms with E-state index in [-0.39, 0.29) is 11.1 Å². The molecule has 1 aromatic carbocycles. The molecule has 0 saturated heterocycles. The summed E-state index contributed by atoms with van der Waals surface area (Å²) in [7, 11) is 0. The second-order valence-corrected chi connectivity index (χ2v) is 3.18. The number of carbonyl (C=O) groups is 1. The van der Waals surface area contributed by atoms with Crippen LogP contribution in [0.5, 0.6) is 5.75 Å². The monoisotopic (exact) mass is 216 g/mol. The Morgan fingerprint density at radius 3 is 2.40 bits per heavy atom. The zero-order valence-corrected chi connectivity index (χ0v) is 7.95. The van der Waals surface area contributed by atoms with E-state index in [0.717, 1.165) is 12.1 Å². The van der Waals surface area contributed by atoms with Crippen LogP contribution in [-0.4, -0.2) is 16.2 Å². The van der Waals surface area contributed by atoms with E-state index in [1.165, 1.54) is 13.0 Å². The fourth-order valence-electron chi connectivity index (χ4n) is 1.20. The molecule has 0 amide bonds. The number of benzene rings is 1. The lowest BCUT2D eigenvalue weighted by molar-refractivity contribution is -0.138. The molecular formula is C10H10F2O3. The molecule has 0 spiro atoms. The van der Waals surface area contributed by atoms with E-state index in [9.17, 15) is 18.7 Å². The van der Waals surface area contributed by atoms with Crippen LogP contribution >= 0.6 is 0 Å². The molecule has 0 bridgehead atoms. The van der Waals surface area contributed by atoms with E-state index in [1.807, 2.05) is 0 Å². The fourth-order valence-corrected chi connectivity index (χ4v) is 1.20. The molecule has 0 aliphatic carbocycles. The van der Waals surface area contributed by atoms with Gasteiger partial charge in [-0.2, -0.15) is 0 Å². The fraction of sp³-hybridized carbons (Fsp3) is 0.300. The minimum atomic E-state index is -2.68. The summed E-state index contributed by atoms with van der Waals surface area (Å²) >= 11 is 0. The highest BCUT2D eigenvalue weighted by Crippen LogP contribution is 2.30. The number of hydrogen-bond donors (Lipinski definition) is 2. The number of carboxylic acids is 1. The maximum atomic E-state index is 12.2. The number of aromatic hydroxyl groups is 1. The lowest BCUT2D eigenvalue weighted by Crippen LogP contribution is -2.07. The van der Waals surface area contributed by atoms with Gasteiger partial charge in [-0.25, -0.2) is 8.78 Å². The lowest BCUT2D eigenvalue weighted by Gasteiger charge is -2.10. The van der Waals surface area contributed by atoms with Gasteiger partial charge in [-0.1, -0.05) is 12.1 Å². The van der Waals surface area contributed by atoms with Crippen LogP contribution in [0.25, 0.3) is 0 Å². The number of alkyl halides is 2. The van der Waals surface area contributed by atoms with E-state index < -0.39 is 24.1 Å². The number of phenols is 1. The zero-order valence-electron chi connectivity index (χ0n) is 7.95. The van der Waals surface area contributed by atoms with Crippen LogP contribution in [0, 0.1) is 0 Å². The van der Waals surface area contributed by atoms with Crippen molar-refractivity contribution >= 4 is 5.97 Å². The quantitative estimate of drug-likeness (QED) is 0.816. The van der Waals surface area contributed by atoms with Crippen LogP contribution in [0.1, 0.15) is 30.4 Å². The number of carboxylic acid groups (broad SMARTS) is 1. The van der Waals surface area contributed by atoms with Crippen LogP contribution < -0.4 is 0 Å². The molecule has 15 heavy (non-hydrogen) atoms. The van der Waals surface area contributed by atoms with Gasteiger partial charge in [0.15, 0.2) is 0 Å². The summed E-state index contributed by atoms with van der Waals surface area (Å²) in [5, 5.41) is 18.0. The van der Waals surface area contributed by atoms with Gasteiger partial charge < -0.3 is 10.2 Å². The van der Waals surface area contributed by atoms with Crippen LogP contribution in [0.15, 0.2) is 18.2 Å². The smallest absolute Gasteiger partial charge is 0.310 e. The normalized spacial score (nSPS) is 12.8. The third-order valence-electron chi connectivity index (χ3n) is 2.14. The van der Waals surface area contributed by atoms with E-state index in [1.54, 1.807) is 0 Å². The SMILES string of the molecule is CC(C(=O)O)c1ccc(C(F)F)cc1O. The van der Waals surface area contributed by atoms with Crippen LogP contribution in [0.3, 0.4) is 0 Å². The first-order chi connectivity index (χ1) is 6.93. The summed E-state index contributed by atoms with van der Waals surface area (Å²) in [6, 6.07) is 3.20. The van der Waals surface area contributed by atoms with Gasteiger partial charge >= 0.3 is 5.97 Å². The largest absolute Gasteiger partial charge is 0.508 e. The molecule has 0 aromatic heterocycles. The second kappa shape index (κ2) is 4.25. The predicted molar refractivity (Wildman–Crippen MR) is 49.1 cm³/mol. The maximum Gasteiger partial charge on any atom is 0.310 e. The van der Waals surface area contributed by atoms with E-state index in [2.05, 4.69) is 0 Å². The van der Waals surface area contributed by atoms with Crippen molar-refractivity contribution in [2.45, 2.75) is 19.3 Å². The van der Waals surface area contributed by atoms with Gasteiger partial charge in [0.2, 0.25) is 0 Å². The standard InChI is InChI=1S/C10H10F2O3/c1-5(10(14)15)7-3-2-6(9(11)12)4-8(7)13/h2-5,9,13H,1H3,(H,14,15). The first-order valence-electron chi connectivity index (χ1n) is 4.27. The van der Waals surface area contributed by atoms with Crippen LogP contribution in [0.2, 0.25) is 0 Å². The second-order valence-electron chi connectivity index (χ2n) is 3.18. The number of phenolic OH excluding ortho intramolecular Hbond substituents is 1. The van der Waals surface area contributed by atoms with Gasteiger partial charge in [0.05, 0.1) is 5.92 Å². The van der Waals surface area contributed by atoms with Crippen molar-refractivity contribution in [3.8, 4) is 5.75 Å². The van der Waals surface area contributed by atoms with Crippen molar-refractivity contribution < 1.29 is 23.8 Å². The first kappa shape index (κ1) is 11.4. The minimum absolute atomic E-state index is 0.131. The number of halogens is 2. The Balaban J connectivity index is 3.08. The van der Waals surface area contributed by atoms with Gasteiger partial charge in [0, 0.05) is 11.1 Å². The van der Waals surface area contributed by atoms with E-state index in [0.29, 0.717) is 0 Å². The molecule has 1 aromatic rings. The third kappa shape index (κ3) is 2.43. The zero-order chi connectivity index (χ0) is 11.6. The van der Waals surface area contributed by atoms with Gasteiger partial charge in [0.1, 0.15) is 5.75 Å². The van der Waals surface area contributed by atoms with Gasteiger partial charge in [-0.3, -0.25) is 4.79 Å². The molecule has 1 unspecified atom stereocenters. The average molecular weight is 216 g/mol. The number of rotatable bonds is 3. The molecule has 2 N–H and O–H groups in total. The van der Waals surface area contributed by atoms with E-state index in [4.69, 9.17) is 5.11 Å². The Morgan fingerprint density at radius 1 is 1.40 bits per heavy atom. The third-order valence-corrected chi connectivity index (χ3v) is 2.14. The van der Waals surface area contributed by atoms with Crippen molar-refractivity contribution in [1.82, 2.24) is 0 Å². The topological polar surface area (TPSA) is 57.5 Å². The molecule has 1 atom stereocenters. The molecule has 0 heterocycles. The number of aliphatic carboxylic acids is 1. The maximum absolute atomic E-state index is 12.2. The molecule has 0 fully saturated rings. The van der Waals surface area contributed by atoms with Crippen molar-refractivity contribution in [2.24, 2.45) is 0 Å². The average Bonchev–Trinajstić information content (AvgIpc) is 2.16. The molecule has 0 aliphatic heterocycles. The minimum Gasteiger partial charge on any atom is -0.508 e. The molecule has 3 nitrogen and oxygen atoms in total. The number of hydrogen-bond acceptors (Lipinski definition) is 2. The highest BCUT2D eigenvalue weighted by molar-refractivity contribution is 5.76. The molecular weight excluding hydrogens is 206 g/mol. The molecule has 82 valence electrons. The Bertz CT molecular complexity index is 377. The summed E-state index contributed by atoms with van der Waals surface area (Å²) in [6.07, 6.45) is -2.68. The Labute approximate surface area is 85.0 Å². The van der Waals surface area contributed by atoms with Crippen molar-refractivity contribution in [3.63, 3.8) is 0 Å². The molecule has 1 rings (SSSR count). The summed E-state index contributed by atoms with van der Waals surface area (Å²) in [5.74, 6) is -2.45. The predicted octanol–water partition coefficient (Wildman–Crippen LogP) is 2.52. The lowest BCUT2D eigenvalue weighted by atomic mass is 9.99. The molecule has 0 aliphatic rings. The Hall–Kier alpha value is -1.65. The van der Waals surface area contributed by atoms with Crippen molar-refractivity contribution in [3.05, 3.63) is 29.3 Å². The summed E-state index contributed by atoms with van der Waals surface area (Å²) in [5.41, 5.74) is -0.194. The van der Waals surface area contributed by atoms with Crippen molar-refractivity contribution in [2.75, 3.05) is 0 Å². The van der Waals surface area contributed by atoms with Crippen LogP contribution in [-0.2, 0) is 4.79 Å². The van der Waals surface area contributed by atoms with Gasteiger partial charge in [-0.05, 0) is 13.0 Å².